The van der Waals surface area contributed by atoms with Gasteiger partial charge in [0.1, 0.15) is 0 Å². The molecule has 0 spiro atoms. The summed E-state index contributed by atoms with van der Waals surface area (Å²) in [5.74, 6) is 2.55. The predicted octanol–water partition coefficient (Wildman–Crippen LogP) is 9.34. The molecule has 0 radical (unpaired) electrons. The maximum Gasteiger partial charge on any atom is 0.161 e. The summed E-state index contributed by atoms with van der Waals surface area (Å²) in [6.45, 7) is 3.92. The molecule has 0 heterocycles. The zero-order valence-corrected chi connectivity index (χ0v) is 21.4. The van der Waals surface area contributed by atoms with Crippen LogP contribution in [0.15, 0.2) is 59.7 Å². The molecule has 2 saturated carbocycles. The maximum absolute atomic E-state index is 15.4. The smallest absolute Gasteiger partial charge is 0.161 e. The van der Waals surface area contributed by atoms with Gasteiger partial charge in [0.25, 0.3) is 0 Å². The molecule has 4 aliphatic carbocycles. The second kappa shape index (κ2) is 10.7. The molecule has 0 amide bonds. The number of hydrogen-bond donors (Lipinski definition) is 0. The highest BCUT2D eigenvalue weighted by molar-refractivity contribution is 5.77. The molecule has 2 fully saturated rings. The summed E-state index contributed by atoms with van der Waals surface area (Å²) in [7, 11) is 0. The molecule has 0 N–H and O–H groups in total. The van der Waals surface area contributed by atoms with Crippen molar-refractivity contribution in [2.75, 3.05) is 0 Å². The summed E-state index contributed by atoms with van der Waals surface area (Å²) in [5, 5.41) is 0. The van der Waals surface area contributed by atoms with E-state index in [-0.39, 0.29) is 11.5 Å². The fourth-order valence-electron chi connectivity index (χ4n) is 6.90. The van der Waals surface area contributed by atoms with Crippen LogP contribution in [0.4, 0.5) is 17.6 Å². The second-order valence-electron chi connectivity index (χ2n) is 11.6. The zero-order valence-electron chi connectivity index (χ0n) is 21.4. The fraction of sp³-hybridized carbons (Fsp3) is 0.562. The average Bonchev–Trinajstić information content (AvgIpc) is 2.90. The van der Waals surface area contributed by atoms with E-state index in [1.165, 1.54) is 25.7 Å². The van der Waals surface area contributed by atoms with E-state index >= 15 is 8.78 Å². The van der Waals surface area contributed by atoms with Gasteiger partial charge in [-0.05, 0) is 103 Å². The molecule has 4 heteroatoms. The number of alkyl halides is 4. The normalized spacial score (nSPS) is 37.5. The molecule has 36 heavy (non-hydrogen) atoms. The summed E-state index contributed by atoms with van der Waals surface area (Å²) >= 11 is 0. The molecular weight excluding hydrogens is 460 g/mol. The van der Waals surface area contributed by atoms with Crippen LogP contribution in [0.3, 0.4) is 0 Å². The van der Waals surface area contributed by atoms with E-state index in [2.05, 4.69) is 6.92 Å². The van der Waals surface area contributed by atoms with Gasteiger partial charge in [-0.3, -0.25) is 0 Å². The quantitative estimate of drug-likeness (QED) is 0.363. The molecule has 4 aliphatic rings. The molecule has 4 unspecified atom stereocenters. The molecule has 0 aromatic heterocycles. The van der Waals surface area contributed by atoms with Crippen LogP contribution in [0.1, 0.15) is 76.3 Å². The number of rotatable bonds is 4. The maximum atomic E-state index is 15.4. The van der Waals surface area contributed by atoms with Crippen LogP contribution in [0.2, 0.25) is 0 Å². The van der Waals surface area contributed by atoms with Gasteiger partial charge in [0.15, 0.2) is 24.7 Å². The molecular formula is C32H38F4. The third-order valence-electron chi connectivity index (χ3n) is 9.36. The number of allylic oxidation sites excluding steroid dienone is 8. The SMILES string of the molecule is CC1=CC=C(c2ccc(C3=CC=C(C4CCC(C5CCC(C)CC5)CC4)C(F)C3F)cc2)C(F)C1F. The summed E-state index contributed by atoms with van der Waals surface area (Å²) in [5.41, 5.74) is 2.71. The molecule has 0 saturated heterocycles. The molecule has 0 aliphatic heterocycles. The lowest BCUT2D eigenvalue weighted by Crippen LogP contribution is -2.31. The summed E-state index contributed by atoms with van der Waals surface area (Å²) in [4.78, 5) is 0. The van der Waals surface area contributed by atoms with Crippen molar-refractivity contribution in [2.24, 2.45) is 23.7 Å². The Morgan fingerprint density at radius 1 is 0.556 bits per heavy atom. The number of halogens is 4. The summed E-state index contributed by atoms with van der Waals surface area (Å²) < 4.78 is 59.3. The molecule has 0 nitrogen and oxygen atoms in total. The Morgan fingerprint density at radius 3 is 1.58 bits per heavy atom. The molecule has 5 rings (SSSR count). The van der Waals surface area contributed by atoms with E-state index in [1.54, 1.807) is 55.5 Å². The van der Waals surface area contributed by atoms with E-state index in [0.29, 0.717) is 27.8 Å². The van der Waals surface area contributed by atoms with Gasteiger partial charge in [0, 0.05) is 0 Å². The van der Waals surface area contributed by atoms with Gasteiger partial charge in [-0.15, -0.1) is 0 Å². The van der Waals surface area contributed by atoms with Gasteiger partial charge in [0.2, 0.25) is 0 Å². The zero-order chi connectivity index (χ0) is 25.4. The molecule has 1 aromatic rings. The van der Waals surface area contributed by atoms with Crippen LogP contribution < -0.4 is 0 Å². The number of benzene rings is 1. The minimum atomic E-state index is -1.72. The summed E-state index contributed by atoms with van der Waals surface area (Å²) in [6.07, 6.45) is 9.49. The van der Waals surface area contributed by atoms with Gasteiger partial charge in [0.05, 0.1) is 0 Å². The Bertz CT molecular complexity index is 1050. The fourth-order valence-corrected chi connectivity index (χ4v) is 6.90. The van der Waals surface area contributed by atoms with Crippen LogP contribution in [0, 0.1) is 23.7 Å². The lowest BCUT2D eigenvalue weighted by atomic mass is 9.67. The standard InChI is InChI=1S/C32H38F4/c1-19-3-6-21(7-4-19)22-8-10-23(11-9-22)27-17-18-28(32(36)31(27)35)25-14-12-24(13-15-25)26-16-5-20(2)29(33)30(26)34/h5,12-19,21-23,29-32H,3-4,6-11H2,1-2H3. The van der Waals surface area contributed by atoms with Gasteiger partial charge in [-0.1, -0.05) is 68.3 Å². The van der Waals surface area contributed by atoms with Crippen LogP contribution >= 0.6 is 0 Å². The van der Waals surface area contributed by atoms with Crippen molar-refractivity contribution in [3.8, 4) is 0 Å². The third-order valence-corrected chi connectivity index (χ3v) is 9.36. The first-order valence-electron chi connectivity index (χ1n) is 13.8. The highest BCUT2D eigenvalue weighted by Crippen LogP contribution is 2.45. The first-order valence-corrected chi connectivity index (χ1v) is 13.8. The van der Waals surface area contributed by atoms with E-state index in [1.807, 2.05) is 0 Å². The van der Waals surface area contributed by atoms with E-state index in [9.17, 15) is 8.78 Å². The Hall–Kier alpha value is -2.10. The Morgan fingerprint density at radius 2 is 1.03 bits per heavy atom. The van der Waals surface area contributed by atoms with Crippen molar-refractivity contribution in [3.63, 3.8) is 0 Å². The third kappa shape index (κ3) is 5.02. The Kier molecular flexibility index (Phi) is 7.60. The first-order chi connectivity index (χ1) is 17.3. The van der Waals surface area contributed by atoms with Crippen molar-refractivity contribution < 1.29 is 17.6 Å². The molecule has 1 aromatic carbocycles. The average molecular weight is 499 g/mol. The van der Waals surface area contributed by atoms with E-state index in [0.717, 1.165) is 43.4 Å². The van der Waals surface area contributed by atoms with Crippen LogP contribution in [-0.4, -0.2) is 24.7 Å². The highest BCUT2D eigenvalue weighted by Gasteiger charge is 2.38. The van der Waals surface area contributed by atoms with Crippen molar-refractivity contribution >= 4 is 11.1 Å². The Balaban J connectivity index is 1.26. The van der Waals surface area contributed by atoms with E-state index < -0.39 is 24.7 Å². The minimum absolute atomic E-state index is 0.127. The van der Waals surface area contributed by atoms with Gasteiger partial charge >= 0.3 is 0 Å². The van der Waals surface area contributed by atoms with Crippen molar-refractivity contribution in [2.45, 2.75) is 89.9 Å². The second-order valence-corrected chi connectivity index (χ2v) is 11.6. The highest BCUT2D eigenvalue weighted by atomic mass is 19.2. The topological polar surface area (TPSA) is 0 Å². The molecule has 0 bridgehead atoms. The minimum Gasteiger partial charge on any atom is -0.239 e. The van der Waals surface area contributed by atoms with Gasteiger partial charge < -0.3 is 0 Å². The van der Waals surface area contributed by atoms with Crippen LogP contribution in [0.5, 0.6) is 0 Å². The lowest BCUT2D eigenvalue weighted by Gasteiger charge is -2.39. The van der Waals surface area contributed by atoms with Gasteiger partial charge in [-0.2, -0.15) is 0 Å². The number of hydrogen-bond acceptors (Lipinski definition) is 0. The van der Waals surface area contributed by atoms with Crippen molar-refractivity contribution in [1.82, 2.24) is 0 Å². The lowest BCUT2D eigenvalue weighted by molar-refractivity contribution is 0.147. The molecule has 4 atom stereocenters. The van der Waals surface area contributed by atoms with Crippen molar-refractivity contribution in [1.29, 1.82) is 0 Å². The predicted molar refractivity (Wildman–Crippen MR) is 140 cm³/mol. The van der Waals surface area contributed by atoms with Crippen molar-refractivity contribution in [3.05, 3.63) is 70.8 Å². The van der Waals surface area contributed by atoms with Crippen LogP contribution in [0.25, 0.3) is 11.1 Å². The Labute approximate surface area is 213 Å². The summed E-state index contributed by atoms with van der Waals surface area (Å²) in [6, 6.07) is 6.70. The molecule has 194 valence electrons. The largest absolute Gasteiger partial charge is 0.239 e. The van der Waals surface area contributed by atoms with E-state index in [4.69, 9.17) is 0 Å². The van der Waals surface area contributed by atoms with Gasteiger partial charge in [-0.25, -0.2) is 17.6 Å². The monoisotopic (exact) mass is 498 g/mol. The van der Waals surface area contributed by atoms with Crippen LogP contribution in [-0.2, 0) is 0 Å². The first kappa shape index (κ1) is 25.5.